The topological polar surface area (TPSA) is 71.2 Å². The van der Waals surface area contributed by atoms with Crippen LogP contribution in [0.2, 0.25) is 0 Å². The number of aryl methyl sites for hydroxylation is 1. The molecule has 0 bridgehead atoms. The first-order valence-electron chi connectivity index (χ1n) is 6.66. The molecule has 0 aliphatic heterocycles. The third-order valence-corrected chi connectivity index (χ3v) is 3.27. The van der Waals surface area contributed by atoms with Gasteiger partial charge in [-0.05, 0) is 38.0 Å². The number of ether oxygens (including phenoxy) is 1. The molecule has 2 N–H and O–H groups in total. The molecule has 5 heteroatoms. The summed E-state index contributed by atoms with van der Waals surface area (Å²) in [6, 6.07) is 5.42. The van der Waals surface area contributed by atoms with Gasteiger partial charge in [-0.2, -0.15) is 0 Å². The molecule has 0 atom stereocenters. The van der Waals surface area contributed by atoms with Crippen LogP contribution in [0.15, 0.2) is 23.0 Å². The molecule has 2 rings (SSSR count). The predicted molar refractivity (Wildman–Crippen MR) is 79.3 cm³/mol. The lowest BCUT2D eigenvalue weighted by atomic mass is 10.0. The van der Waals surface area contributed by atoms with Gasteiger partial charge in [-0.3, -0.25) is 10.1 Å². The number of amides is 1. The van der Waals surface area contributed by atoms with Gasteiger partial charge in [0.1, 0.15) is 0 Å². The molecule has 5 nitrogen and oxygen atoms in total. The van der Waals surface area contributed by atoms with Crippen LogP contribution in [-0.4, -0.2) is 17.7 Å². The number of aromatic amines is 1. The van der Waals surface area contributed by atoms with Crippen molar-refractivity contribution in [2.75, 3.05) is 11.9 Å². The summed E-state index contributed by atoms with van der Waals surface area (Å²) in [5.74, 6) is 0. The first kappa shape index (κ1) is 14.1. The minimum atomic E-state index is -0.504. The van der Waals surface area contributed by atoms with E-state index in [0.717, 1.165) is 16.5 Å². The molecule has 20 heavy (non-hydrogen) atoms. The highest BCUT2D eigenvalue weighted by Crippen LogP contribution is 2.21. The summed E-state index contributed by atoms with van der Waals surface area (Å²) in [6.45, 7) is 5.96. The smallest absolute Gasteiger partial charge is 0.411 e. The SMILES string of the molecule is CCOC(=O)Nc1ccc2c(C)c(CC)c(=O)[nH]c2c1. The third kappa shape index (κ3) is 2.66. The van der Waals surface area contributed by atoms with Gasteiger partial charge in [-0.25, -0.2) is 4.79 Å². The molecule has 0 spiro atoms. The van der Waals surface area contributed by atoms with Crippen molar-refractivity contribution in [1.29, 1.82) is 0 Å². The maximum atomic E-state index is 12.0. The number of carbonyl (C=O) groups excluding carboxylic acids is 1. The van der Waals surface area contributed by atoms with Gasteiger partial charge in [0.25, 0.3) is 5.56 Å². The average Bonchev–Trinajstić information content (AvgIpc) is 2.39. The van der Waals surface area contributed by atoms with Crippen molar-refractivity contribution in [3.8, 4) is 0 Å². The van der Waals surface area contributed by atoms with E-state index in [1.54, 1.807) is 19.1 Å². The van der Waals surface area contributed by atoms with Gasteiger partial charge >= 0.3 is 6.09 Å². The predicted octanol–water partition coefficient (Wildman–Crippen LogP) is 2.97. The Hall–Kier alpha value is -2.30. The fourth-order valence-corrected chi connectivity index (χ4v) is 2.29. The Morgan fingerprint density at radius 1 is 1.35 bits per heavy atom. The monoisotopic (exact) mass is 274 g/mol. The summed E-state index contributed by atoms with van der Waals surface area (Å²) < 4.78 is 4.82. The Morgan fingerprint density at radius 3 is 2.75 bits per heavy atom. The average molecular weight is 274 g/mol. The molecular formula is C15H18N2O3. The van der Waals surface area contributed by atoms with Gasteiger partial charge in [-0.15, -0.1) is 0 Å². The van der Waals surface area contributed by atoms with Crippen molar-refractivity contribution >= 4 is 22.7 Å². The van der Waals surface area contributed by atoms with Gasteiger partial charge in [0.05, 0.1) is 12.1 Å². The van der Waals surface area contributed by atoms with Crippen molar-refractivity contribution in [3.05, 3.63) is 39.7 Å². The second-order valence-corrected chi connectivity index (χ2v) is 4.52. The zero-order valence-electron chi connectivity index (χ0n) is 11.9. The molecule has 1 heterocycles. The number of fused-ring (bicyclic) bond motifs is 1. The third-order valence-electron chi connectivity index (χ3n) is 3.27. The van der Waals surface area contributed by atoms with Crippen LogP contribution in [0.3, 0.4) is 0 Å². The number of anilines is 1. The molecule has 106 valence electrons. The van der Waals surface area contributed by atoms with Gasteiger partial charge in [0, 0.05) is 16.6 Å². The van der Waals surface area contributed by atoms with E-state index in [2.05, 4.69) is 10.3 Å². The van der Waals surface area contributed by atoms with Crippen LogP contribution in [0.4, 0.5) is 10.5 Å². The van der Waals surface area contributed by atoms with E-state index < -0.39 is 6.09 Å². The van der Waals surface area contributed by atoms with E-state index in [-0.39, 0.29) is 5.56 Å². The molecule has 0 radical (unpaired) electrons. The molecule has 1 aromatic carbocycles. The summed E-state index contributed by atoms with van der Waals surface area (Å²) >= 11 is 0. The van der Waals surface area contributed by atoms with E-state index in [1.165, 1.54) is 0 Å². The lowest BCUT2D eigenvalue weighted by Crippen LogP contribution is -2.15. The number of hydrogen-bond donors (Lipinski definition) is 2. The fourth-order valence-electron chi connectivity index (χ4n) is 2.29. The van der Waals surface area contributed by atoms with Gasteiger partial charge < -0.3 is 9.72 Å². The van der Waals surface area contributed by atoms with E-state index in [4.69, 9.17) is 4.74 Å². The van der Waals surface area contributed by atoms with Gasteiger partial charge in [0.15, 0.2) is 0 Å². The Kier molecular flexibility index (Phi) is 4.08. The van der Waals surface area contributed by atoms with Crippen LogP contribution in [0, 0.1) is 6.92 Å². The number of aromatic nitrogens is 1. The van der Waals surface area contributed by atoms with Crippen LogP contribution in [-0.2, 0) is 11.2 Å². The molecule has 1 aromatic heterocycles. The fraction of sp³-hybridized carbons (Fsp3) is 0.333. The molecule has 0 saturated heterocycles. The second-order valence-electron chi connectivity index (χ2n) is 4.52. The molecule has 0 aliphatic rings. The number of nitrogens with one attached hydrogen (secondary N) is 2. The van der Waals surface area contributed by atoms with Crippen LogP contribution in [0.5, 0.6) is 0 Å². The van der Waals surface area contributed by atoms with E-state index in [0.29, 0.717) is 24.2 Å². The number of pyridine rings is 1. The summed E-state index contributed by atoms with van der Waals surface area (Å²) in [6.07, 6.45) is 0.191. The minimum Gasteiger partial charge on any atom is -0.450 e. The zero-order chi connectivity index (χ0) is 14.7. The quantitative estimate of drug-likeness (QED) is 0.903. The molecule has 0 fully saturated rings. The van der Waals surface area contributed by atoms with Crippen molar-refractivity contribution < 1.29 is 9.53 Å². The maximum absolute atomic E-state index is 12.0. The molecule has 0 saturated carbocycles. The highest BCUT2D eigenvalue weighted by atomic mass is 16.5. The Labute approximate surface area is 117 Å². The van der Waals surface area contributed by atoms with Crippen molar-refractivity contribution in [3.63, 3.8) is 0 Å². The Balaban J connectivity index is 2.45. The van der Waals surface area contributed by atoms with E-state index in [1.807, 2.05) is 19.9 Å². The summed E-state index contributed by atoms with van der Waals surface area (Å²) in [4.78, 5) is 26.2. The number of rotatable bonds is 3. The van der Waals surface area contributed by atoms with E-state index >= 15 is 0 Å². The minimum absolute atomic E-state index is 0.0780. The first-order chi connectivity index (χ1) is 9.56. The lowest BCUT2D eigenvalue weighted by Gasteiger charge is -2.10. The van der Waals surface area contributed by atoms with Crippen LogP contribution >= 0.6 is 0 Å². The van der Waals surface area contributed by atoms with Crippen LogP contribution < -0.4 is 10.9 Å². The van der Waals surface area contributed by atoms with Crippen LogP contribution in [0.25, 0.3) is 10.9 Å². The largest absolute Gasteiger partial charge is 0.450 e. The maximum Gasteiger partial charge on any atom is 0.411 e. The highest BCUT2D eigenvalue weighted by molar-refractivity contribution is 5.91. The number of benzene rings is 1. The molecule has 0 aliphatic carbocycles. The summed E-state index contributed by atoms with van der Waals surface area (Å²) in [5.41, 5.74) is 3.00. The Morgan fingerprint density at radius 2 is 2.10 bits per heavy atom. The molecule has 2 aromatic rings. The van der Waals surface area contributed by atoms with Gasteiger partial charge in [0.2, 0.25) is 0 Å². The lowest BCUT2D eigenvalue weighted by molar-refractivity contribution is 0.168. The first-order valence-corrected chi connectivity index (χ1v) is 6.66. The summed E-state index contributed by atoms with van der Waals surface area (Å²) in [7, 11) is 0. The highest BCUT2D eigenvalue weighted by Gasteiger charge is 2.09. The Bertz CT molecular complexity index is 704. The van der Waals surface area contributed by atoms with Crippen molar-refractivity contribution in [1.82, 2.24) is 4.98 Å². The molecule has 1 amide bonds. The normalized spacial score (nSPS) is 10.6. The molecular weight excluding hydrogens is 256 g/mol. The van der Waals surface area contributed by atoms with Crippen molar-refractivity contribution in [2.24, 2.45) is 0 Å². The summed E-state index contributed by atoms with van der Waals surface area (Å²) in [5, 5.41) is 3.60. The van der Waals surface area contributed by atoms with E-state index in [9.17, 15) is 9.59 Å². The number of hydrogen-bond acceptors (Lipinski definition) is 3. The zero-order valence-corrected chi connectivity index (χ0v) is 11.9. The van der Waals surface area contributed by atoms with Crippen LogP contribution in [0.1, 0.15) is 25.0 Å². The van der Waals surface area contributed by atoms with Gasteiger partial charge in [-0.1, -0.05) is 13.0 Å². The van der Waals surface area contributed by atoms with Crippen molar-refractivity contribution in [2.45, 2.75) is 27.2 Å². The molecule has 0 unspecified atom stereocenters. The number of carbonyl (C=O) groups is 1. The standard InChI is InChI=1S/C15H18N2O3/c1-4-11-9(3)12-7-6-10(16-15(19)20-5-2)8-13(12)17-14(11)18/h6-8H,4-5H2,1-3H3,(H,16,19)(H,17,18). The number of H-pyrrole nitrogens is 1. The second kappa shape index (κ2) is 5.77.